The van der Waals surface area contributed by atoms with Gasteiger partial charge in [0.05, 0.1) is 25.5 Å². The highest BCUT2D eigenvalue weighted by atomic mass is 16.4. The molecule has 0 spiro atoms. The molecule has 1 fully saturated rings. The number of nitrogens with two attached hydrogens (primary N) is 5. The van der Waals surface area contributed by atoms with Gasteiger partial charge in [0, 0.05) is 32.2 Å². The molecular formula is C85H135N19O26. The third-order valence-electron chi connectivity index (χ3n) is 21.4. The molecule has 0 aliphatic carbocycles. The number of aromatic hydroxyl groups is 2. The van der Waals surface area contributed by atoms with Crippen molar-refractivity contribution < 1.29 is 127 Å². The normalized spacial score (nSPS) is 15.9. The number of likely N-dealkylation sites (tertiary alicyclic amines) is 1. The highest BCUT2D eigenvalue weighted by Gasteiger charge is 2.43. The molecule has 1 aliphatic rings. The molecule has 0 aromatic heterocycles. The number of primary amides is 1. The Hall–Kier alpha value is -12.2. The number of rotatable bonds is 62. The number of phenolic OH excluding ortho intramolecular Hbond substituents is 2. The van der Waals surface area contributed by atoms with Gasteiger partial charge >= 0.3 is 23.9 Å². The van der Waals surface area contributed by atoms with Crippen molar-refractivity contribution in [3.63, 3.8) is 0 Å². The van der Waals surface area contributed by atoms with Gasteiger partial charge in [-0.15, -0.1) is 0 Å². The van der Waals surface area contributed by atoms with E-state index in [2.05, 4.69) is 69.1 Å². The highest BCUT2D eigenvalue weighted by molar-refractivity contribution is 6.02. The van der Waals surface area contributed by atoms with Gasteiger partial charge in [-0.25, -0.2) is 4.79 Å². The first-order valence-corrected chi connectivity index (χ1v) is 43.7. The quantitative estimate of drug-likeness (QED) is 0.0280. The Labute approximate surface area is 753 Å². The summed E-state index contributed by atoms with van der Waals surface area (Å²) >= 11 is 0. The van der Waals surface area contributed by atoms with Crippen molar-refractivity contribution in [2.24, 2.45) is 52.3 Å². The van der Waals surface area contributed by atoms with Crippen molar-refractivity contribution in [1.82, 2.24) is 74.0 Å². The summed E-state index contributed by atoms with van der Waals surface area (Å²) in [7, 11) is 0. The predicted molar refractivity (Wildman–Crippen MR) is 468 cm³/mol. The average molecular weight is 1840 g/mol. The lowest BCUT2D eigenvalue weighted by molar-refractivity contribution is -0.144. The van der Waals surface area contributed by atoms with Crippen molar-refractivity contribution in [3.8, 4) is 11.5 Å². The lowest BCUT2D eigenvalue weighted by atomic mass is 9.96. The van der Waals surface area contributed by atoms with E-state index in [0.29, 0.717) is 18.4 Å². The summed E-state index contributed by atoms with van der Waals surface area (Å²) in [6, 6.07) is -13.4. The van der Waals surface area contributed by atoms with Gasteiger partial charge in [0.15, 0.2) is 0 Å². The first kappa shape index (κ1) is 112. The van der Waals surface area contributed by atoms with E-state index in [4.69, 9.17) is 28.7 Å². The molecular weight excluding hydrogens is 1700 g/mol. The molecule has 0 bridgehead atoms. The fraction of sp³-hybridized carbons (Fsp3) is 0.635. The smallest absolute Gasteiger partial charge is 0.326 e. The second-order valence-electron chi connectivity index (χ2n) is 33.6. The molecule has 1 saturated heterocycles. The van der Waals surface area contributed by atoms with Crippen LogP contribution in [0.5, 0.6) is 11.5 Å². The molecule has 3 rings (SSSR count). The Kier molecular flexibility index (Phi) is 49.6. The lowest BCUT2D eigenvalue weighted by Gasteiger charge is -2.31. The fourth-order valence-corrected chi connectivity index (χ4v) is 14.0. The number of carbonyl (C=O) groups is 19. The maximum Gasteiger partial charge on any atom is 0.326 e. The van der Waals surface area contributed by atoms with Crippen molar-refractivity contribution >= 4 is 112 Å². The molecule has 45 nitrogen and oxygen atoms in total. The topological polar surface area (TPSA) is 756 Å². The number of hydrogen-bond acceptors (Lipinski definition) is 26. The fourth-order valence-electron chi connectivity index (χ4n) is 14.0. The molecule has 16 atom stereocenters. The van der Waals surface area contributed by atoms with Crippen LogP contribution in [0.1, 0.15) is 195 Å². The highest BCUT2D eigenvalue weighted by Crippen LogP contribution is 2.23. The number of hydrogen-bond donors (Lipinski definition) is 25. The van der Waals surface area contributed by atoms with E-state index in [1.807, 2.05) is 13.8 Å². The summed E-state index contributed by atoms with van der Waals surface area (Å²) in [5.41, 5.74) is 29.7. The van der Waals surface area contributed by atoms with E-state index >= 15 is 0 Å². The van der Waals surface area contributed by atoms with E-state index in [1.165, 1.54) is 74.2 Å². The SMILES string of the molecule is CC[C@H](C)[C@H](NC(=O)[C@H](CCC(=O)O)NC(=O)[C@H](CO)NC(=O)[C@H](CC(C)C)NC(=O)[C@H](CC(=O)O)NC(=O)[C@@H]1CCCN1C(=O)[C@H](Cc1ccc(O)cc1)NC(=O)[C@@H](N)CC(C)C)C(=O)N[C@@H](CCCCN)C(=O)N[C@@H](CCCCN)C(=O)N[C@@H](CCC(=O)O)C(=O)N[C@@H](Cc1ccc(O)cc1)C(=O)N[C@@H](CC(N)=O)C(=O)N[C@H](C(=O)N[C@@H](CCCCN)C(=O)O)C(C)C. The van der Waals surface area contributed by atoms with Crippen molar-refractivity contribution in [2.75, 3.05) is 32.8 Å². The van der Waals surface area contributed by atoms with E-state index in [0.717, 1.165) is 0 Å². The van der Waals surface area contributed by atoms with Gasteiger partial charge in [-0.2, -0.15) is 0 Å². The monoisotopic (exact) mass is 1840 g/mol. The molecule has 0 saturated carbocycles. The summed E-state index contributed by atoms with van der Waals surface area (Å²) in [4.78, 5) is 263. The Balaban J connectivity index is 1.97. The maximum atomic E-state index is 14.8. The van der Waals surface area contributed by atoms with Crippen LogP contribution >= 0.6 is 0 Å². The molecule has 0 radical (unpaired) electrons. The zero-order chi connectivity index (χ0) is 97.8. The zero-order valence-electron chi connectivity index (χ0n) is 74.9. The number of phenols is 2. The molecule has 30 N–H and O–H groups in total. The number of carboxylic acid groups (broad SMARTS) is 4. The van der Waals surface area contributed by atoms with Crippen LogP contribution in [0.25, 0.3) is 0 Å². The molecule has 130 heavy (non-hydrogen) atoms. The lowest BCUT2D eigenvalue weighted by Crippen LogP contribution is -2.62. The number of carboxylic acids is 4. The van der Waals surface area contributed by atoms with Gasteiger partial charge in [-0.05, 0) is 175 Å². The second-order valence-corrected chi connectivity index (χ2v) is 33.6. The van der Waals surface area contributed by atoms with Gasteiger partial charge in [-0.1, -0.05) is 86.1 Å². The Morgan fingerprint density at radius 2 is 0.762 bits per heavy atom. The van der Waals surface area contributed by atoms with E-state index < -0.39 is 272 Å². The standard InChI is InChI=1S/C85H135N19O26/c1-9-47(8)70(103-75(119)56(30-32-67(111)112)93-80(124)63(43-105)101-76(120)58(38-45(4)5)96-78(122)61(42-68(113)114)99-81(125)64-20-16-36-104(64)84(128)62(40-49-23-27-51(107)28-24-49)100-71(115)52(89)37-44(2)3)83(127)94-54(18-11-14-34-87)73(117)91-53(17-10-13-33-86)72(116)92-55(29-31-66(109)110)74(118)97-59(39-48-21-25-50(106)26-22-48)77(121)98-60(41-65(90)108)79(123)102-69(46(6)7)82(126)95-57(85(129)130)19-12-15-35-88/h21-28,44-47,52-64,69-70,105-107H,9-20,29-43,86-89H2,1-8H3,(H2,90,108)(H,91,117)(H,92,116)(H,93,124)(H,94,127)(H,95,126)(H,96,122)(H,97,118)(H,98,121)(H,99,125)(H,100,115)(H,101,120)(H,102,123)(H,103,119)(H,109,110)(H,111,112)(H,113,114)(H,129,130)/t47-,52-,53-,54-,55-,56-,57-,58-,59-,60-,61-,62-,63-,64-,69-,70-/m0/s1. The number of aliphatic hydroxyl groups excluding tert-OH is 1. The number of aliphatic hydroxyl groups is 1. The van der Waals surface area contributed by atoms with Crippen molar-refractivity contribution in [1.29, 1.82) is 0 Å². The van der Waals surface area contributed by atoms with Crippen LogP contribution in [0.4, 0.5) is 0 Å². The molecule has 2 aromatic carbocycles. The largest absolute Gasteiger partial charge is 0.508 e. The first-order valence-electron chi connectivity index (χ1n) is 43.7. The van der Waals surface area contributed by atoms with Gasteiger partial charge < -0.3 is 138 Å². The zero-order valence-corrected chi connectivity index (χ0v) is 74.9. The first-order chi connectivity index (χ1) is 61.3. The predicted octanol–water partition coefficient (Wildman–Crippen LogP) is -4.16. The second kappa shape index (κ2) is 57.6. The minimum Gasteiger partial charge on any atom is -0.508 e. The van der Waals surface area contributed by atoms with Crippen LogP contribution < -0.4 is 97.8 Å². The number of nitrogens with one attached hydrogen (secondary N) is 13. The number of benzene rings is 2. The molecule has 2 aromatic rings. The van der Waals surface area contributed by atoms with E-state index in [9.17, 15) is 127 Å². The molecule has 0 unspecified atom stereocenters. The average Bonchev–Trinajstić information content (AvgIpc) is 1.64. The number of carbonyl (C=O) groups excluding carboxylic acids is 15. The number of nitrogens with zero attached hydrogens (tertiary/aromatic N) is 1. The maximum absolute atomic E-state index is 14.8. The minimum absolute atomic E-state index is 0.00197. The van der Waals surface area contributed by atoms with Crippen LogP contribution in [0.3, 0.4) is 0 Å². The number of unbranched alkanes of at least 4 members (excludes halogenated alkanes) is 3. The Bertz CT molecular complexity index is 4140. The van der Waals surface area contributed by atoms with E-state index in [-0.39, 0.29) is 133 Å². The van der Waals surface area contributed by atoms with Gasteiger partial charge in [-0.3, -0.25) is 86.3 Å². The van der Waals surface area contributed by atoms with Gasteiger partial charge in [0.25, 0.3) is 0 Å². The third-order valence-corrected chi connectivity index (χ3v) is 21.4. The third kappa shape index (κ3) is 40.2. The molecule has 15 amide bonds. The van der Waals surface area contributed by atoms with Crippen LogP contribution in [-0.4, -0.2) is 277 Å². The summed E-state index contributed by atoms with van der Waals surface area (Å²) in [5.74, 6) is -24.3. The van der Waals surface area contributed by atoms with Gasteiger partial charge in [0.2, 0.25) is 88.6 Å². The summed E-state index contributed by atoms with van der Waals surface area (Å²) in [6.07, 6.45) is -4.02. The molecule has 1 heterocycles. The van der Waals surface area contributed by atoms with Gasteiger partial charge in [0.1, 0.15) is 96.1 Å². The van der Waals surface area contributed by atoms with Crippen molar-refractivity contribution in [2.45, 2.75) is 287 Å². The van der Waals surface area contributed by atoms with E-state index in [1.54, 1.807) is 20.8 Å². The Morgan fingerprint density at radius 1 is 0.400 bits per heavy atom. The minimum atomic E-state index is -1.99. The summed E-state index contributed by atoms with van der Waals surface area (Å²) in [5, 5.41) is 102. The molecule has 1 aliphatic heterocycles. The molecule has 726 valence electrons. The van der Waals surface area contributed by atoms with Crippen LogP contribution in [-0.2, 0) is 104 Å². The van der Waals surface area contributed by atoms with Crippen LogP contribution in [0, 0.1) is 23.7 Å². The molecule has 45 heteroatoms. The number of amides is 15. The van der Waals surface area contributed by atoms with Crippen molar-refractivity contribution in [3.05, 3.63) is 59.7 Å². The summed E-state index contributed by atoms with van der Waals surface area (Å²) < 4.78 is 0. The summed E-state index contributed by atoms with van der Waals surface area (Å²) in [6.45, 7) is 12.3. The number of aliphatic carboxylic acids is 4. The van der Waals surface area contributed by atoms with Crippen LogP contribution in [0.15, 0.2) is 48.5 Å². The van der Waals surface area contributed by atoms with Crippen LogP contribution in [0.2, 0.25) is 0 Å². The Morgan fingerprint density at radius 3 is 1.20 bits per heavy atom.